The zero-order valence-electron chi connectivity index (χ0n) is 13.5. The first-order chi connectivity index (χ1) is 12.8. The summed E-state index contributed by atoms with van der Waals surface area (Å²) in [6.45, 7) is 0. The van der Waals surface area contributed by atoms with Crippen LogP contribution in [0.1, 0.15) is 0 Å². The molecular formula is C20H12N2O2S2. The number of nitrogens with zero attached hydrogens (tertiary/aromatic N) is 2. The first-order valence-corrected chi connectivity index (χ1v) is 10.0. The van der Waals surface area contributed by atoms with Gasteiger partial charge >= 0.3 is 0 Å². The maximum atomic E-state index is 11.4. The van der Waals surface area contributed by atoms with Crippen molar-refractivity contribution in [3.63, 3.8) is 0 Å². The van der Waals surface area contributed by atoms with Gasteiger partial charge in [0.15, 0.2) is 0 Å². The molecule has 126 valence electrons. The van der Waals surface area contributed by atoms with Crippen molar-refractivity contribution in [1.29, 1.82) is 0 Å². The third-order valence-corrected chi connectivity index (χ3v) is 6.56. The highest BCUT2D eigenvalue weighted by Crippen LogP contribution is 2.48. The van der Waals surface area contributed by atoms with Gasteiger partial charge < -0.3 is 0 Å². The molecule has 0 fully saturated rings. The van der Waals surface area contributed by atoms with E-state index in [9.17, 15) is 9.81 Å². The Kier molecular flexibility index (Phi) is 4.69. The highest BCUT2D eigenvalue weighted by atomic mass is 33.1. The lowest BCUT2D eigenvalue weighted by Gasteiger charge is -2.09. The molecule has 0 aliphatic carbocycles. The first kappa shape index (κ1) is 16.8. The number of rotatable bonds is 5. The normalized spacial score (nSPS) is 10.9. The molecule has 4 aromatic carbocycles. The van der Waals surface area contributed by atoms with Crippen LogP contribution in [0.25, 0.3) is 21.5 Å². The predicted octanol–water partition coefficient (Wildman–Crippen LogP) is 7.59. The Labute approximate surface area is 157 Å². The molecule has 0 N–H and O–H groups in total. The quantitative estimate of drug-likeness (QED) is 0.266. The summed E-state index contributed by atoms with van der Waals surface area (Å²) in [5.41, 5.74) is 0.837. The van der Waals surface area contributed by atoms with E-state index in [2.05, 4.69) is 10.4 Å². The molecule has 0 radical (unpaired) electrons. The van der Waals surface area contributed by atoms with E-state index in [0.29, 0.717) is 11.4 Å². The van der Waals surface area contributed by atoms with Gasteiger partial charge in [-0.1, -0.05) is 82.3 Å². The van der Waals surface area contributed by atoms with Crippen LogP contribution in [0.4, 0.5) is 11.4 Å². The summed E-state index contributed by atoms with van der Waals surface area (Å²) < 4.78 is 0. The smallest absolute Gasteiger partial charge is 0.130 e. The van der Waals surface area contributed by atoms with Gasteiger partial charge in [0.05, 0.1) is 0 Å². The number of hydrogen-bond donors (Lipinski definition) is 0. The Morgan fingerprint density at radius 3 is 1.38 bits per heavy atom. The fourth-order valence-corrected chi connectivity index (χ4v) is 5.11. The molecule has 0 spiro atoms. The Balaban J connectivity index is 1.72. The zero-order valence-corrected chi connectivity index (χ0v) is 15.1. The van der Waals surface area contributed by atoms with Crippen molar-refractivity contribution in [3.05, 3.63) is 82.6 Å². The van der Waals surface area contributed by atoms with E-state index in [1.54, 1.807) is 0 Å². The molecule has 4 nitrogen and oxygen atoms in total. The van der Waals surface area contributed by atoms with Gasteiger partial charge in [-0.25, -0.2) is 0 Å². The molecule has 0 aromatic heterocycles. The molecule has 0 heterocycles. The van der Waals surface area contributed by atoms with Crippen LogP contribution < -0.4 is 0 Å². The van der Waals surface area contributed by atoms with Crippen LogP contribution in [-0.4, -0.2) is 0 Å². The van der Waals surface area contributed by atoms with Crippen molar-refractivity contribution in [1.82, 2.24) is 0 Å². The summed E-state index contributed by atoms with van der Waals surface area (Å²) in [4.78, 5) is 24.3. The van der Waals surface area contributed by atoms with Gasteiger partial charge in [0.2, 0.25) is 0 Å². The SMILES string of the molecule is O=Nc1c(SSc2ccc3ccccc3c2N=O)ccc2ccccc12. The molecule has 0 atom stereocenters. The summed E-state index contributed by atoms with van der Waals surface area (Å²) in [5, 5.41) is 10.0. The lowest BCUT2D eigenvalue weighted by molar-refractivity contribution is 1.40. The van der Waals surface area contributed by atoms with E-state index in [1.165, 1.54) is 21.6 Å². The lowest BCUT2D eigenvalue weighted by Crippen LogP contribution is -1.79. The molecule has 0 saturated carbocycles. The number of benzene rings is 4. The third kappa shape index (κ3) is 2.98. The fourth-order valence-electron chi connectivity index (χ4n) is 2.88. The molecule has 0 unspecified atom stereocenters. The first-order valence-electron chi connectivity index (χ1n) is 7.86. The summed E-state index contributed by atoms with van der Waals surface area (Å²) in [5.74, 6) is 0. The molecule has 4 rings (SSSR count). The predicted molar refractivity (Wildman–Crippen MR) is 111 cm³/mol. The Morgan fingerprint density at radius 1 is 0.538 bits per heavy atom. The summed E-state index contributed by atoms with van der Waals surface area (Å²) in [6.07, 6.45) is 0. The molecular weight excluding hydrogens is 364 g/mol. The van der Waals surface area contributed by atoms with Crippen LogP contribution in [0.3, 0.4) is 0 Å². The Hall–Kier alpha value is -2.70. The fraction of sp³-hybridized carbons (Fsp3) is 0. The monoisotopic (exact) mass is 376 g/mol. The minimum absolute atomic E-state index is 0.419. The van der Waals surface area contributed by atoms with Crippen LogP contribution in [0.5, 0.6) is 0 Å². The lowest BCUT2D eigenvalue weighted by atomic mass is 10.1. The van der Waals surface area contributed by atoms with Crippen LogP contribution in [0.15, 0.2) is 92.9 Å². The van der Waals surface area contributed by atoms with Crippen molar-refractivity contribution in [2.75, 3.05) is 0 Å². The molecule has 6 heteroatoms. The molecule has 0 aliphatic rings. The Morgan fingerprint density at radius 2 is 0.962 bits per heavy atom. The van der Waals surface area contributed by atoms with Gasteiger partial charge in [0.1, 0.15) is 11.4 Å². The highest BCUT2D eigenvalue weighted by molar-refractivity contribution is 8.76. The van der Waals surface area contributed by atoms with Crippen LogP contribution in [-0.2, 0) is 0 Å². The Bertz CT molecular complexity index is 1050. The summed E-state index contributed by atoms with van der Waals surface area (Å²) in [6, 6.07) is 23.0. The molecule has 0 bridgehead atoms. The van der Waals surface area contributed by atoms with Crippen LogP contribution in [0, 0.1) is 9.81 Å². The second-order valence-electron chi connectivity index (χ2n) is 5.62. The minimum Gasteiger partial charge on any atom is -0.145 e. The van der Waals surface area contributed by atoms with Crippen molar-refractivity contribution in [2.45, 2.75) is 9.79 Å². The summed E-state index contributed by atoms with van der Waals surface area (Å²) in [7, 11) is 2.80. The van der Waals surface area contributed by atoms with Gasteiger partial charge in [0, 0.05) is 20.6 Å². The minimum atomic E-state index is 0.419. The van der Waals surface area contributed by atoms with E-state index >= 15 is 0 Å². The van der Waals surface area contributed by atoms with E-state index in [0.717, 1.165) is 31.3 Å². The van der Waals surface area contributed by atoms with Gasteiger partial charge in [0.25, 0.3) is 0 Å². The number of nitroso groups, excluding NO2 is 2. The van der Waals surface area contributed by atoms with Gasteiger partial charge in [-0.3, -0.25) is 0 Å². The van der Waals surface area contributed by atoms with Crippen molar-refractivity contribution in [3.8, 4) is 0 Å². The van der Waals surface area contributed by atoms with Crippen molar-refractivity contribution < 1.29 is 0 Å². The second-order valence-corrected chi connectivity index (χ2v) is 7.83. The van der Waals surface area contributed by atoms with E-state index in [-0.39, 0.29) is 0 Å². The van der Waals surface area contributed by atoms with Crippen LogP contribution in [0.2, 0.25) is 0 Å². The summed E-state index contributed by atoms with van der Waals surface area (Å²) >= 11 is 0. The molecule has 0 saturated heterocycles. The molecule has 0 aliphatic heterocycles. The highest BCUT2D eigenvalue weighted by Gasteiger charge is 2.13. The zero-order chi connectivity index (χ0) is 17.9. The molecule has 26 heavy (non-hydrogen) atoms. The largest absolute Gasteiger partial charge is 0.145 e. The maximum absolute atomic E-state index is 11.4. The standard InChI is InChI=1S/C20H12N2O2S2/c23-21-19-15-7-3-1-5-13(15)9-11-17(19)25-26-18-12-10-14-6-2-4-8-16(14)20(18)22-24/h1-12H. The van der Waals surface area contributed by atoms with Crippen molar-refractivity contribution >= 4 is 54.5 Å². The van der Waals surface area contributed by atoms with Gasteiger partial charge in [-0.05, 0) is 33.3 Å². The van der Waals surface area contributed by atoms with Gasteiger partial charge in [-0.15, -0.1) is 9.81 Å². The molecule has 4 aromatic rings. The van der Waals surface area contributed by atoms with E-state index in [1.807, 2.05) is 72.8 Å². The number of fused-ring (bicyclic) bond motifs is 2. The van der Waals surface area contributed by atoms with Gasteiger partial charge in [-0.2, -0.15) is 0 Å². The average molecular weight is 376 g/mol. The van der Waals surface area contributed by atoms with E-state index in [4.69, 9.17) is 0 Å². The third-order valence-electron chi connectivity index (χ3n) is 4.13. The second kappa shape index (κ2) is 7.27. The van der Waals surface area contributed by atoms with E-state index < -0.39 is 0 Å². The van der Waals surface area contributed by atoms with Crippen LogP contribution >= 0.6 is 21.6 Å². The topological polar surface area (TPSA) is 58.9 Å². The maximum Gasteiger partial charge on any atom is 0.130 e. The van der Waals surface area contributed by atoms with Crippen molar-refractivity contribution in [2.24, 2.45) is 10.4 Å². The average Bonchev–Trinajstić information content (AvgIpc) is 2.71. The number of hydrogen-bond acceptors (Lipinski definition) is 6. The molecule has 0 amide bonds.